The first-order valence-electron chi connectivity index (χ1n) is 6.88. The van der Waals surface area contributed by atoms with Crippen LogP contribution in [-0.4, -0.2) is 35.4 Å². The molecule has 0 unspecified atom stereocenters. The van der Waals surface area contributed by atoms with E-state index in [0.29, 0.717) is 33.9 Å². The first kappa shape index (κ1) is 18.0. The fourth-order valence-electron chi connectivity index (χ4n) is 2.00. The summed E-state index contributed by atoms with van der Waals surface area (Å²) in [5, 5.41) is 0. The van der Waals surface area contributed by atoms with Gasteiger partial charge in [0, 0.05) is 11.0 Å². The molecular weight excluding hydrogens is 398 g/mol. The van der Waals surface area contributed by atoms with Crippen LogP contribution in [0.15, 0.2) is 34.2 Å². The van der Waals surface area contributed by atoms with Gasteiger partial charge in [0.1, 0.15) is 10.9 Å². The summed E-state index contributed by atoms with van der Waals surface area (Å²) in [5.41, 5.74) is 0.824. The molecule has 1 aromatic rings. The number of rotatable bonds is 6. The number of thiocarbonyl (C=S) groups is 1. The molecule has 23 heavy (non-hydrogen) atoms. The van der Waals surface area contributed by atoms with E-state index in [-0.39, 0.29) is 5.91 Å². The number of carbonyl (C=O) groups is 1. The molecule has 1 saturated heterocycles. The average Bonchev–Trinajstić information content (AvgIpc) is 2.80. The number of likely N-dealkylation sites (N-methyl/N-ethyl adjacent to an activating group) is 1. The van der Waals surface area contributed by atoms with Crippen LogP contribution in [0.5, 0.6) is 11.5 Å². The van der Waals surface area contributed by atoms with Crippen LogP contribution in [-0.2, 0) is 4.79 Å². The maximum atomic E-state index is 12.3. The molecule has 4 nitrogen and oxygen atoms in total. The number of hydrogen-bond acceptors (Lipinski definition) is 5. The van der Waals surface area contributed by atoms with E-state index in [9.17, 15) is 4.79 Å². The molecule has 0 radical (unpaired) electrons. The van der Waals surface area contributed by atoms with Gasteiger partial charge in [0.2, 0.25) is 0 Å². The van der Waals surface area contributed by atoms with Crippen LogP contribution in [0, 0.1) is 0 Å². The summed E-state index contributed by atoms with van der Waals surface area (Å²) in [6.07, 6.45) is 3.47. The van der Waals surface area contributed by atoms with Crippen molar-refractivity contribution in [2.24, 2.45) is 0 Å². The Morgan fingerprint density at radius 1 is 1.43 bits per heavy atom. The number of benzene rings is 1. The lowest BCUT2D eigenvalue weighted by Gasteiger charge is -2.12. The van der Waals surface area contributed by atoms with Crippen LogP contribution >= 0.6 is 39.9 Å². The van der Waals surface area contributed by atoms with Crippen LogP contribution in [0.2, 0.25) is 0 Å². The fraction of sp³-hybridized carbons (Fsp3) is 0.250. The van der Waals surface area contributed by atoms with Gasteiger partial charge >= 0.3 is 0 Å². The Hall–Kier alpha value is -1.31. The molecule has 0 aromatic heterocycles. The molecule has 1 aliphatic heterocycles. The normalized spacial score (nSPS) is 16.1. The molecule has 0 bridgehead atoms. The summed E-state index contributed by atoms with van der Waals surface area (Å²) >= 11 is 10.0. The van der Waals surface area contributed by atoms with Crippen molar-refractivity contribution < 1.29 is 14.3 Å². The molecule has 122 valence electrons. The molecule has 0 N–H and O–H groups in total. The molecule has 1 amide bonds. The van der Waals surface area contributed by atoms with Gasteiger partial charge in [0.15, 0.2) is 11.5 Å². The lowest BCUT2D eigenvalue weighted by Crippen LogP contribution is -2.27. The van der Waals surface area contributed by atoms with Gasteiger partial charge < -0.3 is 9.47 Å². The summed E-state index contributed by atoms with van der Waals surface area (Å²) < 4.78 is 12.3. The van der Waals surface area contributed by atoms with Crippen molar-refractivity contribution in [2.45, 2.75) is 6.92 Å². The molecule has 2 rings (SSSR count). The monoisotopic (exact) mass is 413 g/mol. The second-order valence-electron chi connectivity index (χ2n) is 4.55. The van der Waals surface area contributed by atoms with Gasteiger partial charge in [-0.1, -0.05) is 52.6 Å². The van der Waals surface area contributed by atoms with Gasteiger partial charge in [-0.05, 0) is 30.7 Å². The molecular formula is C16H16BrNO3S2. The van der Waals surface area contributed by atoms with Crippen molar-refractivity contribution >= 4 is 56.2 Å². The minimum absolute atomic E-state index is 0.0691. The quantitative estimate of drug-likeness (QED) is 0.396. The Kier molecular flexibility index (Phi) is 6.26. The maximum Gasteiger partial charge on any atom is 0.266 e. The third-order valence-electron chi connectivity index (χ3n) is 3.12. The van der Waals surface area contributed by atoms with Crippen molar-refractivity contribution in [3.05, 3.63) is 39.7 Å². The first-order chi connectivity index (χ1) is 11.0. The van der Waals surface area contributed by atoms with Gasteiger partial charge in [-0.15, -0.1) is 0 Å². The number of nitrogens with zero attached hydrogens (tertiary/aromatic N) is 1. The van der Waals surface area contributed by atoms with Gasteiger partial charge in [0.25, 0.3) is 5.91 Å². The largest absolute Gasteiger partial charge is 0.493 e. The molecule has 1 fully saturated rings. The van der Waals surface area contributed by atoms with E-state index in [1.807, 2.05) is 19.1 Å². The number of hydrogen-bond donors (Lipinski definition) is 0. The maximum absolute atomic E-state index is 12.3. The highest BCUT2D eigenvalue weighted by Crippen LogP contribution is 2.38. The lowest BCUT2D eigenvalue weighted by atomic mass is 10.2. The van der Waals surface area contributed by atoms with Gasteiger partial charge in [-0.2, -0.15) is 0 Å². The molecule has 0 saturated carbocycles. The summed E-state index contributed by atoms with van der Waals surface area (Å²) in [5.74, 6) is 1.13. The standard InChI is InChI=1S/C16H16BrNO3S2/c1-4-6-21-13-9-11(17)10(7-12(13)20-3)8-14-15(19)18(5-2)16(22)23-14/h4,7-9H,1,5-6H2,2-3H3/b14-8-. The number of thioether (sulfide) groups is 1. The second-order valence-corrected chi connectivity index (χ2v) is 7.08. The predicted molar refractivity (Wildman–Crippen MR) is 102 cm³/mol. The van der Waals surface area contributed by atoms with Crippen LogP contribution in [0.25, 0.3) is 6.08 Å². The van der Waals surface area contributed by atoms with E-state index in [1.165, 1.54) is 11.8 Å². The van der Waals surface area contributed by atoms with Crippen LogP contribution < -0.4 is 9.47 Å². The van der Waals surface area contributed by atoms with Crippen molar-refractivity contribution in [2.75, 3.05) is 20.3 Å². The van der Waals surface area contributed by atoms with E-state index in [2.05, 4.69) is 22.5 Å². The Morgan fingerprint density at radius 2 is 2.17 bits per heavy atom. The van der Waals surface area contributed by atoms with Crippen LogP contribution in [0.3, 0.4) is 0 Å². The third kappa shape index (κ3) is 3.97. The zero-order chi connectivity index (χ0) is 17.0. The number of halogens is 1. The molecule has 0 atom stereocenters. The van der Waals surface area contributed by atoms with E-state index in [1.54, 1.807) is 24.2 Å². The molecule has 1 aromatic carbocycles. The number of methoxy groups -OCH3 is 1. The van der Waals surface area contributed by atoms with Gasteiger partial charge in [0.05, 0.1) is 12.0 Å². The summed E-state index contributed by atoms with van der Waals surface area (Å²) in [4.78, 5) is 14.5. The van der Waals surface area contributed by atoms with Gasteiger partial charge in [-0.25, -0.2) is 0 Å². The highest BCUT2D eigenvalue weighted by atomic mass is 79.9. The van der Waals surface area contributed by atoms with E-state index in [0.717, 1.165) is 10.0 Å². The minimum Gasteiger partial charge on any atom is -0.493 e. The Labute approximate surface area is 153 Å². The highest BCUT2D eigenvalue weighted by molar-refractivity contribution is 9.10. The predicted octanol–water partition coefficient (Wildman–Crippen LogP) is 4.24. The van der Waals surface area contributed by atoms with E-state index < -0.39 is 0 Å². The number of amides is 1. The minimum atomic E-state index is -0.0691. The number of ether oxygens (including phenoxy) is 2. The summed E-state index contributed by atoms with van der Waals surface area (Å²) in [7, 11) is 1.57. The Morgan fingerprint density at radius 3 is 2.74 bits per heavy atom. The zero-order valence-corrected chi connectivity index (χ0v) is 16.0. The first-order valence-corrected chi connectivity index (χ1v) is 8.90. The topological polar surface area (TPSA) is 38.8 Å². The van der Waals surface area contributed by atoms with Crippen LogP contribution in [0.4, 0.5) is 0 Å². The second kappa shape index (κ2) is 7.99. The summed E-state index contributed by atoms with van der Waals surface area (Å²) in [6, 6.07) is 3.63. The lowest BCUT2D eigenvalue weighted by molar-refractivity contribution is -0.121. The smallest absolute Gasteiger partial charge is 0.266 e. The van der Waals surface area contributed by atoms with Crippen molar-refractivity contribution in [3.8, 4) is 11.5 Å². The molecule has 0 aliphatic carbocycles. The fourth-order valence-corrected chi connectivity index (χ4v) is 3.81. The molecule has 7 heteroatoms. The van der Waals surface area contributed by atoms with E-state index in [4.69, 9.17) is 21.7 Å². The van der Waals surface area contributed by atoms with Crippen molar-refractivity contribution in [1.29, 1.82) is 0 Å². The van der Waals surface area contributed by atoms with Crippen LogP contribution in [0.1, 0.15) is 12.5 Å². The molecule has 1 aliphatic rings. The Bertz CT molecular complexity index is 688. The van der Waals surface area contributed by atoms with Gasteiger partial charge in [-0.3, -0.25) is 9.69 Å². The highest BCUT2D eigenvalue weighted by Gasteiger charge is 2.30. The summed E-state index contributed by atoms with van der Waals surface area (Å²) in [6.45, 7) is 6.48. The van der Waals surface area contributed by atoms with Crippen molar-refractivity contribution in [1.82, 2.24) is 4.90 Å². The van der Waals surface area contributed by atoms with Crippen molar-refractivity contribution in [3.63, 3.8) is 0 Å². The SMILES string of the molecule is C=CCOc1cc(Br)c(/C=C2\SC(=S)N(CC)C2=O)cc1OC. The average molecular weight is 414 g/mol. The molecule has 0 spiro atoms. The Balaban J connectivity index is 2.37. The molecule has 1 heterocycles. The number of carbonyl (C=O) groups excluding carboxylic acids is 1. The zero-order valence-electron chi connectivity index (χ0n) is 12.8. The van der Waals surface area contributed by atoms with E-state index >= 15 is 0 Å². The third-order valence-corrected chi connectivity index (χ3v) is 5.18.